The standard InChI is InChI=1S/C12H16ClNO2/c1-9(5-6-14)12(15)16-8-10-3-2-4-11(13)7-10/h2-4,7,9H,5-6,8,14H2,1H3. The van der Waals surface area contributed by atoms with Crippen molar-refractivity contribution in [1.82, 2.24) is 0 Å². The SMILES string of the molecule is CC(CCN)C(=O)OCc1cccc(Cl)c1. The Balaban J connectivity index is 2.42. The topological polar surface area (TPSA) is 52.3 Å². The van der Waals surface area contributed by atoms with Gasteiger partial charge in [-0.15, -0.1) is 0 Å². The Bertz CT molecular complexity index is 355. The molecule has 4 heteroatoms. The summed E-state index contributed by atoms with van der Waals surface area (Å²) >= 11 is 5.82. The molecule has 3 nitrogen and oxygen atoms in total. The third kappa shape index (κ3) is 4.21. The van der Waals surface area contributed by atoms with Gasteiger partial charge >= 0.3 is 5.97 Å². The van der Waals surface area contributed by atoms with Crippen LogP contribution in [0, 0.1) is 5.92 Å². The van der Waals surface area contributed by atoms with Crippen molar-refractivity contribution < 1.29 is 9.53 Å². The first-order valence-corrected chi connectivity index (χ1v) is 5.62. The summed E-state index contributed by atoms with van der Waals surface area (Å²) < 4.78 is 5.14. The van der Waals surface area contributed by atoms with Crippen molar-refractivity contribution in [1.29, 1.82) is 0 Å². The maximum absolute atomic E-state index is 11.5. The number of esters is 1. The first-order chi connectivity index (χ1) is 7.63. The molecule has 0 radical (unpaired) electrons. The Morgan fingerprint density at radius 2 is 2.31 bits per heavy atom. The quantitative estimate of drug-likeness (QED) is 0.806. The highest BCUT2D eigenvalue weighted by atomic mass is 35.5. The highest BCUT2D eigenvalue weighted by molar-refractivity contribution is 6.30. The molecule has 88 valence electrons. The van der Waals surface area contributed by atoms with E-state index in [9.17, 15) is 4.79 Å². The van der Waals surface area contributed by atoms with Gasteiger partial charge in [-0.05, 0) is 30.7 Å². The molecule has 1 unspecified atom stereocenters. The van der Waals surface area contributed by atoms with Crippen LogP contribution in [-0.2, 0) is 16.1 Å². The number of carbonyl (C=O) groups is 1. The lowest BCUT2D eigenvalue weighted by Crippen LogP contribution is -2.18. The molecular formula is C12H16ClNO2. The van der Waals surface area contributed by atoms with Gasteiger partial charge in [-0.3, -0.25) is 4.79 Å². The number of halogens is 1. The van der Waals surface area contributed by atoms with E-state index in [1.807, 2.05) is 19.1 Å². The van der Waals surface area contributed by atoms with E-state index in [2.05, 4.69) is 0 Å². The molecule has 16 heavy (non-hydrogen) atoms. The van der Waals surface area contributed by atoms with Crippen LogP contribution in [0.25, 0.3) is 0 Å². The molecular weight excluding hydrogens is 226 g/mol. The van der Waals surface area contributed by atoms with E-state index in [0.717, 1.165) is 5.56 Å². The molecule has 0 heterocycles. The van der Waals surface area contributed by atoms with Gasteiger partial charge in [0.2, 0.25) is 0 Å². The molecule has 0 aliphatic heterocycles. The summed E-state index contributed by atoms with van der Waals surface area (Å²) in [6, 6.07) is 7.26. The second kappa shape index (κ2) is 6.51. The summed E-state index contributed by atoms with van der Waals surface area (Å²) in [5.41, 5.74) is 6.26. The summed E-state index contributed by atoms with van der Waals surface area (Å²) in [6.45, 7) is 2.56. The maximum Gasteiger partial charge on any atom is 0.309 e. The molecule has 0 bridgehead atoms. The average molecular weight is 242 g/mol. The lowest BCUT2D eigenvalue weighted by molar-refractivity contribution is -0.149. The first-order valence-electron chi connectivity index (χ1n) is 5.24. The Labute approximate surface area is 101 Å². The molecule has 0 saturated carbocycles. The van der Waals surface area contributed by atoms with Crippen molar-refractivity contribution in [2.45, 2.75) is 20.0 Å². The molecule has 1 atom stereocenters. The van der Waals surface area contributed by atoms with E-state index in [4.69, 9.17) is 22.1 Å². The maximum atomic E-state index is 11.5. The second-order valence-corrected chi connectivity index (χ2v) is 4.15. The van der Waals surface area contributed by atoms with Crippen LogP contribution in [0.1, 0.15) is 18.9 Å². The van der Waals surface area contributed by atoms with Crippen LogP contribution in [0.4, 0.5) is 0 Å². The molecule has 1 rings (SSSR count). The van der Waals surface area contributed by atoms with Crippen molar-refractivity contribution in [2.24, 2.45) is 11.7 Å². The zero-order chi connectivity index (χ0) is 12.0. The molecule has 1 aromatic rings. The molecule has 0 fully saturated rings. The number of rotatable bonds is 5. The van der Waals surface area contributed by atoms with Crippen LogP contribution in [0.2, 0.25) is 5.02 Å². The Hall–Kier alpha value is -1.06. The van der Waals surface area contributed by atoms with Crippen LogP contribution < -0.4 is 5.73 Å². The largest absolute Gasteiger partial charge is 0.461 e. The van der Waals surface area contributed by atoms with Crippen LogP contribution >= 0.6 is 11.6 Å². The van der Waals surface area contributed by atoms with Gasteiger partial charge in [-0.1, -0.05) is 30.7 Å². The van der Waals surface area contributed by atoms with Gasteiger partial charge in [0.25, 0.3) is 0 Å². The first kappa shape index (κ1) is 13.0. The second-order valence-electron chi connectivity index (χ2n) is 3.72. The van der Waals surface area contributed by atoms with Crippen molar-refractivity contribution in [3.8, 4) is 0 Å². The summed E-state index contributed by atoms with van der Waals surface area (Å²) in [5.74, 6) is -0.366. The Morgan fingerprint density at radius 3 is 2.94 bits per heavy atom. The van der Waals surface area contributed by atoms with Crippen molar-refractivity contribution in [3.63, 3.8) is 0 Å². The monoisotopic (exact) mass is 241 g/mol. The lowest BCUT2D eigenvalue weighted by atomic mass is 10.1. The predicted octanol–water partition coefficient (Wildman–Crippen LogP) is 2.37. The van der Waals surface area contributed by atoms with Gasteiger partial charge in [-0.2, -0.15) is 0 Å². The molecule has 0 aliphatic carbocycles. The van der Waals surface area contributed by atoms with E-state index in [-0.39, 0.29) is 18.5 Å². The summed E-state index contributed by atoms with van der Waals surface area (Å²) in [4.78, 5) is 11.5. The Morgan fingerprint density at radius 1 is 1.56 bits per heavy atom. The van der Waals surface area contributed by atoms with E-state index in [0.29, 0.717) is 18.0 Å². The third-order valence-electron chi connectivity index (χ3n) is 2.27. The highest BCUT2D eigenvalue weighted by Gasteiger charge is 2.13. The number of nitrogens with two attached hydrogens (primary N) is 1. The zero-order valence-electron chi connectivity index (χ0n) is 9.28. The van der Waals surface area contributed by atoms with Crippen LogP contribution in [0.3, 0.4) is 0 Å². The Kier molecular flexibility index (Phi) is 5.29. The summed E-state index contributed by atoms with van der Waals surface area (Å²) in [7, 11) is 0. The molecule has 0 amide bonds. The normalized spacial score (nSPS) is 12.2. The lowest BCUT2D eigenvalue weighted by Gasteiger charge is -2.10. The van der Waals surface area contributed by atoms with E-state index in [1.54, 1.807) is 12.1 Å². The summed E-state index contributed by atoms with van der Waals surface area (Å²) in [6.07, 6.45) is 0.647. The smallest absolute Gasteiger partial charge is 0.309 e. The van der Waals surface area contributed by atoms with Crippen LogP contribution in [0.5, 0.6) is 0 Å². The fraction of sp³-hybridized carbons (Fsp3) is 0.417. The van der Waals surface area contributed by atoms with Gasteiger partial charge in [0, 0.05) is 5.02 Å². The summed E-state index contributed by atoms with van der Waals surface area (Å²) in [5, 5.41) is 0.642. The fourth-order valence-electron chi connectivity index (χ4n) is 1.29. The molecule has 0 aliphatic rings. The fourth-order valence-corrected chi connectivity index (χ4v) is 1.50. The number of hydrogen-bond acceptors (Lipinski definition) is 3. The number of benzene rings is 1. The van der Waals surface area contributed by atoms with Gasteiger partial charge in [0.1, 0.15) is 6.61 Å². The number of ether oxygens (including phenoxy) is 1. The average Bonchev–Trinajstić information content (AvgIpc) is 2.26. The van der Waals surface area contributed by atoms with Gasteiger partial charge in [-0.25, -0.2) is 0 Å². The molecule has 0 aromatic heterocycles. The highest BCUT2D eigenvalue weighted by Crippen LogP contribution is 2.12. The minimum absolute atomic E-state index is 0.149. The van der Waals surface area contributed by atoms with Crippen LogP contribution in [-0.4, -0.2) is 12.5 Å². The van der Waals surface area contributed by atoms with E-state index >= 15 is 0 Å². The minimum atomic E-state index is -0.217. The van der Waals surface area contributed by atoms with Crippen molar-refractivity contribution >= 4 is 17.6 Å². The van der Waals surface area contributed by atoms with Crippen LogP contribution in [0.15, 0.2) is 24.3 Å². The minimum Gasteiger partial charge on any atom is -0.461 e. The van der Waals surface area contributed by atoms with Gasteiger partial charge in [0.15, 0.2) is 0 Å². The zero-order valence-corrected chi connectivity index (χ0v) is 10.0. The van der Waals surface area contributed by atoms with E-state index in [1.165, 1.54) is 0 Å². The number of carbonyl (C=O) groups excluding carboxylic acids is 1. The van der Waals surface area contributed by atoms with Gasteiger partial charge in [0.05, 0.1) is 5.92 Å². The van der Waals surface area contributed by atoms with Crippen molar-refractivity contribution in [2.75, 3.05) is 6.54 Å². The van der Waals surface area contributed by atoms with E-state index < -0.39 is 0 Å². The third-order valence-corrected chi connectivity index (χ3v) is 2.51. The molecule has 0 saturated heterocycles. The van der Waals surface area contributed by atoms with Gasteiger partial charge < -0.3 is 10.5 Å². The predicted molar refractivity (Wildman–Crippen MR) is 64.1 cm³/mol. The van der Waals surface area contributed by atoms with Crippen molar-refractivity contribution in [3.05, 3.63) is 34.9 Å². The number of hydrogen-bond donors (Lipinski definition) is 1. The molecule has 0 spiro atoms. The molecule has 1 aromatic carbocycles. The molecule has 2 N–H and O–H groups in total.